The molecule has 0 radical (unpaired) electrons. The van der Waals surface area contributed by atoms with Crippen molar-refractivity contribution in [3.8, 4) is 0 Å². The van der Waals surface area contributed by atoms with Gasteiger partial charge in [0.2, 0.25) is 0 Å². The van der Waals surface area contributed by atoms with E-state index in [1.54, 1.807) is 12.1 Å². The number of hydrogen-bond donors (Lipinski definition) is 4. The molecule has 0 saturated heterocycles. The molecule has 0 spiro atoms. The van der Waals surface area contributed by atoms with Crippen LogP contribution in [0.4, 0.5) is 4.79 Å². The van der Waals surface area contributed by atoms with Crippen molar-refractivity contribution in [3.63, 3.8) is 0 Å². The maximum absolute atomic E-state index is 10.6. The minimum atomic E-state index is -1.15. The molecule has 0 atom stereocenters. The summed E-state index contributed by atoms with van der Waals surface area (Å²) in [6.45, 7) is 1.87. The number of amides is 1. The Morgan fingerprint density at radius 2 is 2.26 bits per heavy atom. The summed E-state index contributed by atoms with van der Waals surface area (Å²) in [7, 11) is 0. The molecule has 1 aromatic rings. The summed E-state index contributed by atoms with van der Waals surface area (Å²) < 4.78 is 0. The van der Waals surface area contributed by atoms with Crippen LogP contribution in [-0.4, -0.2) is 28.6 Å². The van der Waals surface area contributed by atoms with Crippen molar-refractivity contribution in [1.29, 1.82) is 0 Å². The number of aryl methyl sites for hydroxylation is 1. The number of halogens is 1. The molecule has 0 aliphatic carbocycles. The van der Waals surface area contributed by atoms with Crippen LogP contribution in [0.3, 0.4) is 0 Å². The largest absolute Gasteiger partial charge is 0.465 e. The zero-order valence-electron chi connectivity index (χ0n) is 10.1. The normalized spacial score (nSPS) is 10.9. The molecule has 0 aliphatic heterocycles. The highest BCUT2D eigenvalue weighted by molar-refractivity contribution is 7.80. The lowest BCUT2D eigenvalue weighted by Crippen LogP contribution is -2.32. The van der Waals surface area contributed by atoms with E-state index in [1.807, 2.05) is 13.0 Å². The number of rotatable bonds is 4. The third-order valence-corrected chi connectivity index (χ3v) is 2.55. The van der Waals surface area contributed by atoms with Crippen molar-refractivity contribution in [1.82, 2.24) is 10.7 Å². The standard InChI is InChI=1S/C11H13ClN4O2S/c1-6-2-3-7(12)4-8(6)9(5-14-11(17)18)15-16-10(13)19/h2-4,14H,5H2,1H3,(H,17,18)(H3,13,16,19). The molecule has 6 nitrogen and oxygen atoms in total. The zero-order chi connectivity index (χ0) is 14.4. The van der Waals surface area contributed by atoms with Crippen molar-refractivity contribution >= 4 is 40.7 Å². The number of nitrogens with zero attached hydrogens (tertiary/aromatic N) is 1. The topological polar surface area (TPSA) is 99.7 Å². The van der Waals surface area contributed by atoms with Gasteiger partial charge in [0.1, 0.15) is 0 Å². The minimum absolute atomic E-state index is 0.00608. The van der Waals surface area contributed by atoms with Gasteiger partial charge in [-0.1, -0.05) is 17.7 Å². The molecule has 0 heterocycles. The lowest BCUT2D eigenvalue weighted by Gasteiger charge is -2.10. The highest BCUT2D eigenvalue weighted by Gasteiger charge is 2.09. The number of thiocarbonyl (C=S) groups is 1. The van der Waals surface area contributed by atoms with Crippen molar-refractivity contribution in [2.75, 3.05) is 6.54 Å². The number of hydrogen-bond acceptors (Lipinski definition) is 3. The van der Waals surface area contributed by atoms with Crippen molar-refractivity contribution < 1.29 is 9.90 Å². The number of carbonyl (C=O) groups is 1. The van der Waals surface area contributed by atoms with Gasteiger partial charge in [-0.2, -0.15) is 5.10 Å². The Labute approximate surface area is 120 Å². The van der Waals surface area contributed by atoms with Crippen molar-refractivity contribution in [3.05, 3.63) is 34.3 Å². The summed E-state index contributed by atoms with van der Waals surface area (Å²) in [6.07, 6.45) is -1.15. The number of nitrogens with two attached hydrogens (primary N) is 1. The van der Waals surface area contributed by atoms with Crippen LogP contribution < -0.4 is 16.5 Å². The summed E-state index contributed by atoms with van der Waals surface area (Å²) in [5, 5.41) is 15.4. The Kier molecular flexibility index (Phi) is 5.53. The second-order valence-electron chi connectivity index (χ2n) is 3.65. The minimum Gasteiger partial charge on any atom is -0.465 e. The van der Waals surface area contributed by atoms with Gasteiger partial charge >= 0.3 is 6.09 Å². The van der Waals surface area contributed by atoms with E-state index in [9.17, 15) is 4.79 Å². The average molecular weight is 301 g/mol. The van der Waals surface area contributed by atoms with E-state index in [1.165, 1.54) is 0 Å². The first-order valence-electron chi connectivity index (χ1n) is 5.25. The monoisotopic (exact) mass is 300 g/mol. The quantitative estimate of drug-likeness (QED) is 0.383. The smallest absolute Gasteiger partial charge is 0.404 e. The Hall–Kier alpha value is -1.86. The molecule has 102 valence electrons. The van der Waals surface area contributed by atoms with Gasteiger partial charge in [0.15, 0.2) is 5.11 Å². The molecule has 19 heavy (non-hydrogen) atoms. The molecule has 0 fully saturated rings. The van der Waals surface area contributed by atoms with E-state index < -0.39 is 6.09 Å². The van der Waals surface area contributed by atoms with E-state index in [2.05, 4.69) is 28.1 Å². The molecular formula is C11H13ClN4O2S. The molecular weight excluding hydrogens is 288 g/mol. The maximum Gasteiger partial charge on any atom is 0.404 e. The zero-order valence-corrected chi connectivity index (χ0v) is 11.7. The Morgan fingerprint density at radius 1 is 1.58 bits per heavy atom. The van der Waals surface area contributed by atoms with Crippen LogP contribution in [0, 0.1) is 6.92 Å². The van der Waals surface area contributed by atoms with E-state index in [0.29, 0.717) is 16.3 Å². The lowest BCUT2D eigenvalue weighted by molar-refractivity contribution is 0.196. The van der Waals surface area contributed by atoms with E-state index >= 15 is 0 Å². The molecule has 5 N–H and O–H groups in total. The molecule has 0 unspecified atom stereocenters. The highest BCUT2D eigenvalue weighted by Crippen LogP contribution is 2.16. The molecule has 1 rings (SSSR count). The Bertz CT molecular complexity index is 533. The van der Waals surface area contributed by atoms with Gasteiger partial charge in [0.25, 0.3) is 0 Å². The Morgan fingerprint density at radius 3 is 2.84 bits per heavy atom. The molecule has 0 aromatic heterocycles. The third kappa shape index (κ3) is 5.11. The predicted octanol–water partition coefficient (Wildman–Crippen LogP) is 1.45. The van der Waals surface area contributed by atoms with Crippen LogP contribution in [0.5, 0.6) is 0 Å². The van der Waals surface area contributed by atoms with Gasteiger partial charge < -0.3 is 16.2 Å². The number of benzene rings is 1. The van der Waals surface area contributed by atoms with E-state index in [-0.39, 0.29) is 11.7 Å². The summed E-state index contributed by atoms with van der Waals surface area (Å²) in [6, 6.07) is 5.25. The molecule has 1 amide bonds. The average Bonchev–Trinajstić information content (AvgIpc) is 2.32. The van der Waals surface area contributed by atoms with Gasteiger partial charge in [-0.25, -0.2) is 4.79 Å². The van der Waals surface area contributed by atoms with E-state index in [0.717, 1.165) is 5.56 Å². The van der Waals surface area contributed by atoms with Crippen LogP contribution in [-0.2, 0) is 0 Å². The van der Waals surface area contributed by atoms with Gasteiger partial charge in [-0.3, -0.25) is 5.43 Å². The van der Waals surface area contributed by atoms with Crippen LogP contribution >= 0.6 is 23.8 Å². The second-order valence-corrected chi connectivity index (χ2v) is 4.53. The number of nitrogens with one attached hydrogen (secondary N) is 2. The van der Waals surface area contributed by atoms with Crippen LogP contribution in [0.25, 0.3) is 0 Å². The van der Waals surface area contributed by atoms with Crippen LogP contribution in [0.1, 0.15) is 11.1 Å². The second kappa shape index (κ2) is 6.91. The summed E-state index contributed by atoms with van der Waals surface area (Å²) in [5.74, 6) is 0. The summed E-state index contributed by atoms with van der Waals surface area (Å²) in [5.41, 5.74) is 9.78. The van der Waals surface area contributed by atoms with Gasteiger partial charge in [0.05, 0.1) is 12.3 Å². The number of carboxylic acid groups (broad SMARTS) is 1. The number of hydrazone groups is 1. The first kappa shape index (κ1) is 15.2. The molecule has 0 bridgehead atoms. The van der Waals surface area contributed by atoms with E-state index in [4.69, 9.17) is 22.4 Å². The Balaban J connectivity index is 3.07. The molecule has 8 heteroatoms. The fraction of sp³-hybridized carbons (Fsp3) is 0.182. The SMILES string of the molecule is Cc1ccc(Cl)cc1C(CNC(=O)O)=NNC(N)=S. The molecule has 0 aliphatic rings. The predicted molar refractivity (Wildman–Crippen MR) is 78.7 cm³/mol. The van der Waals surface area contributed by atoms with Gasteiger partial charge in [0, 0.05) is 10.6 Å². The van der Waals surface area contributed by atoms with Crippen LogP contribution in [0.2, 0.25) is 5.02 Å². The van der Waals surface area contributed by atoms with Crippen molar-refractivity contribution in [2.24, 2.45) is 10.8 Å². The summed E-state index contributed by atoms with van der Waals surface area (Å²) >= 11 is 10.6. The maximum atomic E-state index is 10.6. The lowest BCUT2D eigenvalue weighted by atomic mass is 10.0. The van der Waals surface area contributed by atoms with Gasteiger partial charge in [-0.05, 0) is 36.8 Å². The first-order valence-corrected chi connectivity index (χ1v) is 6.04. The highest BCUT2D eigenvalue weighted by atomic mass is 35.5. The van der Waals surface area contributed by atoms with Crippen molar-refractivity contribution in [2.45, 2.75) is 6.92 Å². The van der Waals surface area contributed by atoms with Gasteiger partial charge in [-0.15, -0.1) is 0 Å². The fourth-order valence-electron chi connectivity index (χ4n) is 1.38. The van der Waals surface area contributed by atoms with Crippen LogP contribution in [0.15, 0.2) is 23.3 Å². The summed E-state index contributed by atoms with van der Waals surface area (Å²) in [4.78, 5) is 10.6. The third-order valence-electron chi connectivity index (χ3n) is 2.22. The molecule has 1 aromatic carbocycles. The first-order chi connectivity index (χ1) is 8.90. The fourth-order valence-corrected chi connectivity index (χ4v) is 1.60. The molecule has 0 saturated carbocycles.